The highest BCUT2D eigenvalue weighted by Crippen LogP contribution is 2.25. The van der Waals surface area contributed by atoms with Gasteiger partial charge >= 0.3 is 0 Å². The molecule has 1 aromatic rings. The van der Waals surface area contributed by atoms with Gasteiger partial charge in [0.1, 0.15) is 5.75 Å². The minimum atomic E-state index is -3.54. The van der Waals surface area contributed by atoms with Crippen LogP contribution in [0.1, 0.15) is 5.56 Å². The first-order valence-electron chi connectivity index (χ1n) is 5.46. The first-order valence-corrected chi connectivity index (χ1v) is 7.87. The Kier molecular flexibility index (Phi) is 6.06. The summed E-state index contributed by atoms with van der Waals surface area (Å²) < 4.78 is 24.3. The van der Waals surface area contributed by atoms with Crippen LogP contribution in [0.4, 0.5) is 0 Å². The molecule has 8 heteroatoms. The number of hydrogen-bond acceptors (Lipinski definition) is 3. The molecule has 0 atom stereocenters. The molecule has 0 aliphatic rings. The summed E-state index contributed by atoms with van der Waals surface area (Å²) in [7, 11) is -2.28. The summed E-state index contributed by atoms with van der Waals surface area (Å²) >= 11 is 11.8. The first kappa shape index (κ1) is 16.2. The van der Waals surface area contributed by atoms with E-state index in [0.29, 0.717) is 16.5 Å². The van der Waals surface area contributed by atoms with E-state index in [1.54, 1.807) is 18.2 Å². The number of benzene rings is 1. The molecule has 0 spiro atoms. The molecule has 5 nitrogen and oxygen atoms in total. The van der Waals surface area contributed by atoms with E-state index in [4.69, 9.17) is 23.2 Å². The maximum Gasteiger partial charge on any atom is 0.236 e. The average molecular weight is 325 g/mol. The van der Waals surface area contributed by atoms with Gasteiger partial charge in [0.25, 0.3) is 0 Å². The Morgan fingerprint density at radius 3 is 2.63 bits per heavy atom. The maximum atomic E-state index is 11.4. The second-order valence-corrected chi connectivity index (χ2v) is 6.49. The van der Waals surface area contributed by atoms with Crippen LogP contribution in [-0.2, 0) is 21.2 Å². The van der Waals surface area contributed by atoms with E-state index >= 15 is 0 Å². The van der Waals surface area contributed by atoms with Gasteiger partial charge in [0.05, 0.1) is 10.0 Å². The molecular formula is C11H14Cl2N2O3S. The van der Waals surface area contributed by atoms with Crippen molar-refractivity contribution < 1.29 is 13.2 Å². The van der Waals surface area contributed by atoms with Gasteiger partial charge in [-0.25, -0.2) is 13.1 Å². The van der Waals surface area contributed by atoms with Crippen LogP contribution in [0.15, 0.2) is 18.2 Å². The van der Waals surface area contributed by atoms with Gasteiger partial charge in [-0.3, -0.25) is 4.79 Å². The maximum absolute atomic E-state index is 11.4. The number of amides is 1. The fourth-order valence-corrected chi connectivity index (χ4v) is 2.38. The minimum Gasteiger partial charge on any atom is -0.355 e. The molecule has 0 aromatic heterocycles. The van der Waals surface area contributed by atoms with E-state index in [1.807, 2.05) is 0 Å². The van der Waals surface area contributed by atoms with Crippen molar-refractivity contribution in [2.24, 2.45) is 0 Å². The standard InChI is InChI=1S/C11H14Cl2N2O3S/c1-14-19(17,18)7-10(16)15-6-5-8-3-2-4-9(12)11(8)13/h2-4,14H,5-7H2,1H3,(H,15,16). The average Bonchev–Trinajstić information content (AvgIpc) is 2.34. The van der Waals surface area contributed by atoms with Crippen LogP contribution in [0, 0.1) is 0 Å². The van der Waals surface area contributed by atoms with Gasteiger partial charge in [-0.15, -0.1) is 0 Å². The Labute approximate surface area is 122 Å². The van der Waals surface area contributed by atoms with Gasteiger partial charge in [-0.2, -0.15) is 0 Å². The molecule has 0 radical (unpaired) electrons. The Morgan fingerprint density at radius 1 is 1.32 bits per heavy atom. The summed E-state index contributed by atoms with van der Waals surface area (Å²) in [5, 5.41) is 3.40. The van der Waals surface area contributed by atoms with Gasteiger partial charge in [-0.05, 0) is 25.1 Å². The second-order valence-electron chi connectivity index (χ2n) is 3.78. The third-order valence-corrected chi connectivity index (χ3v) is 4.50. The van der Waals surface area contributed by atoms with Crippen molar-refractivity contribution >= 4 is 39.1 Å². The van der Waals surface area contributed by atoms with Crippen LogP contribution in [0.3, 0.4) is 0 Å². The van der Waals surface area contributed by atoms with E-state index in [0.717, 1.165) is 5.56 Å². The molecule has 0 bridgehead atoms. The summed E-state index contributed by atoms with van der Waals surface area (Å²) in [6, 6.07) is 5.23. The Hall–Kier alpha value is -0.820. The topological polar surface area (TPSA) is 75.3 Å². The lowest BCUT2D eigenvalue weighted by molar-refractivity contribution is -0.118. The van der Waals surface area contributed by atoms with E-state index in [1.165, 1.54) is 7.05 Å². The molecule has 2 N–H and O–H groups in total. The van der Waals surface area contributed by atoms with Crippen LogP contribution in [-0.4, -0.2) is 33.7 Å². The molecule has 0 unspecified atom stereocenters. The predicted molar refractivity (Wildman–Crippen MR) is 76.0 cm³/mol. The van der Waals surface area contributed by atoms with Crippen LogP contribution in [0.5, 0.6) is 0 Å². The van der Waals surface area contributed by atoms with Gasteiger partial charge in [0, 0.05) is 6.54 Å². The lowest BCUT2D eigenvalue weighted by Crippen LogP contribution is -2.35. The van der Waals surface area contributed by atoms with Gasteiger partial charge < -0.3 is 5.32 Å². The summed E-state index contributed by atoms with van der Waals surface area (Å²) in [5.74, 6) is -1.15. The number of sulfonamides is 1. The SMILES string of the molecule is CNS(=O)(=O)CC(=O)NCCc1cccc(Cl)c1Cl. The molecule has 1 aromatic carbocycles. The third kappa shape index (κ3) is 5.36. The highest BCUT2D eigenvalue weighted by molar-refractivity contribution is 7.90. The zero-order valence-corrected chi connectivity index (χ0v) is 12.6. The quantitative estimate of drug-likeness (QED) is 0.825. The van der Waals surface area contributed by atoms with Crippen molar-refractivity contribution in [3.63, 3.8) is 0 Å². The number of nitrogens with one attached hydrogen (secondary N) is 2. The first-order chi connectivity index (χ1) is 8.85. The fourth-order valence-electron chi connectivity index (χ4n) is 1.37. The summed E-state index contributed by atoms with van der Waals surface area (Å²) in [6.45, 7) is 0.290. The largest absolute Gasteiger partial charge is 0.355 e. The van der Waals surface area contributed by atoms with Gasteiger partial charge in [-0.1, -0.05) is 35.3 Å². The van der Waals surface area contributed by atoms with E-state index in [-0.39, 0.29) is 6.54 Å². The van der Waals surface area contributed by atoms with Crippen molar-refractivity contribution in [2.45, 2.75) is 6.42 Å². The van der Waals surface area contributed by atoms with Crippen LogP contribution >= 0.6 is 23.2 Å². The molecule has 0 fully saturated rings. The fraction of sp³-hybridized carbons (Fsp3) is 0.364. The van der Waals surface area contributed by atoms with Crippen molar-refractivity contribution in [3.05, 3.63) is 33.8 Å². The summed E-state index contributed by atoms with van der Waals surface area (Å²) in [4.78, 5) is 11.4. The summed E-state index contributed by atoms with van der Waals surface area (Å²) in [6.07, 6.45) is 0.477. The van der Waals surface area contributed by atoms with E-state index < -0.39 is 21.7 Å². The molecule has 0 saturated heterocycles. The number of halogens is 2. The van der Waals surface area contributed by atoms with Crippen LogP contribution in [0.25, 0.3) is 0 Å². The Morgan fingerprint density at radius 2 is 2.00 bits per heavy atom. The molecule has 0 saturated carbocycles. The zero-order valence-electron chi connectivity index (χ0n) is 10.2. The summed E-state index contributed by atoms with van der Waals surface area (Å²) in [5.41, 5.74) is 0.797. The van der Waals surface area contributed by atoms with Gasteiger partial charge in [0.2, 0.25) is 15.9 Å². The Balaban J connectivity index is 2.47. The minimum absolute atomic E-state index is 0.290. The second kappa shape index (κ2) is 7.09. The number of carbonyl (C=O) groups excluding carboxylic acids is 1. The van der Waals surface area contributed by atoms with Crippen molar-refractivity contribution in [1.29, 1.82) is 0 Å². The number of rotatable bonds is 6. The molecule has 19 heavy (non-hydrogen) atoms. The van der Waals surface area contributed by atoms with E-state index in [2.05, 4.69) is 10.0 Å². The van der Waals surface area contributed by atoms with Crippen LogP contribution < -0.4 is 10.0 Å². The van der Waals surface area contributed by atoms with E-state index in [9.17, 15) is 13.2 Å². The lowest BCUT2D eigenvalue weighted by Gasteiger charge is -2.07. The molecule has 0 heterocycles. The normalized spacial score (nSPS) is 11.3. The molecule has 0 aliphatic heterocycles. The number of hydrogen-bond donors (Lipinski definition) is 2. The zero-order chi connectivity index (χ0) is 14.5. The van der Waals surface area contributed by atoms with Crippen LogP contribution in [0.2, 0.25) is 10.0 Å². The number of carbonyl (C=O) groups is 1. The highest BCUT2D eigenvalue weighted by Gasteiger charge is 2.13. The molecule has 0 aliphatic carbocycles. The molecule has 1 amide bonds. The van der Waals surface area contributed by atoms with Gasteiger partial charge in [0.15, 0.2) is 0 Å². The van der Waals surface area contributed by atoms with Crippen molar-refractivity contribution in [1.82, 2.24) is 10.0 Å². The highest BCUT2D eigenvalue weighted by atomic mass is 35.5. The molecular weight excluding hydrogens is 311 g/mol. The van der Waals surface area contributed by atoms with Crippen molar-refractivity contribution in [2.75, 3.05) is 19.3 Å². The monoisotopic (exact) mass is 324 g/mol. The predicted octanol–water partition coefficient (Wildman–Crippen LogP) is 1.20. The third-order valence-electron chi connectivity index (χ3n) is 2.38. The van der Waals surface area contributed by atoms with Crippen molar-refractivity contribution in [3.8, 4) is 0 Å². The Bertz CT molecular complexity index is 561. The lowest BCUT2D eigenvalue weighted by atomic mass is 10.1. The molecule has 1 rings (SSSR count). The smallest absolute Gasteiger partial charge is 0.236 e. The molecule has 106 valence electrons.